The molecule has 2 aromatic carbocycles. The molecule has 0 radical (unpaired) electrons. The zero-order valence-electron chi connectivity index (χ0n) is 16.8. The van der Waals surface area contributed by atoms with Crippen LogP contribution in [-0.4, -0.2) is 25.4 Å². The molecule has 0 aromatic heterocycles. The van der Waals surface area contributed by atoms with Gasteiger partial charge in [0.15, 0.2) is 17.3 Å². The van der Waals surface area contributed by atoms with E-state index in [2.05, 4.69) is 19.2 Å². The van der Waals surface area contributed by atoms with Crippen LogP contribution in [0.4, 0.5) is 5.69 Å². The summed E-state index contributed by atoms with van der Waals surface area (Å²) in [5.41, 5.74) is 1.95. The first-order chi connectivity index (χ1) is 13.4. The second-order valence-electron chi connectivity index (χ2n) is 6.90. The van der Waals surface area contributed by atoms with Gasteiger partial charge in [0, 0.05) is 17.3 Å². The number of anilines is 1. The summed E-state index contributed by atoms with van der Waals surface area (Å²) in [6.45, 7) is 6.42. The molecule has 0 spiro atoms. The first-order valence-electron chi connectivity index (χ1n) is 9.30. The maximum atomic E-state index is 12.2. The molecular formula is C23H27NO4. The molecule has 0 heterocycles. The predicted octanol–water partition coefficient (Wildman–Crippen LogP) is 4.97. The SMILES string of the molecule is COc1cc(C=CC(=O)Nc2cccc(C(C)=O)c2)ccc1OCCC(C)C. The maximum absolute atomic E-state index is 12.2. The van der Waals surface area contributed by atoms with Crippen LogP contribution in [0.5, 0.6) is 11.5 Å². The van der Waals surface area contributed by atoms with Crippen LogP contribution in [0.2, 0.25) is 0 Å². The highest BCUT2D eigenvalue weighted by Gasteiger charge is 2.06. The third-order valence-electron chi connectivity index (χ3n) is 4.10. The van der Waals surface area contributed by atoms with Crippen molar-refractivity contribution in [3.05, 3.63) is 59.7 Å². The molecule has 5 nitrogen and oxygen atoms in total. The van der Waals surface area contributed by atoms with E-state index >= 15 is 0 Å². The van der Waals surface area contributed by atoms with Crippen molar-refractivity contribution < 1.29 is 19.1 Å². The molecule has 1 N–H and O–H groups in total. The first-order valence-corrected chi connectivity index (χ1v) is 9.30. The molecule has 0 fully saturated rings. The van der Waals surface area contributed by atoms with Gasteiger partial charge in [0.1, 0.15) is 0 Å². The fourth-order valence-corrected chi connectivity index (χ4v) is 2.48. The largest absolute Gasteiger partial charge is 0.493 e. The Hall–Kier alpha value is -3.08. The van der Waals surface area contributed by atoms with Gasteiger partial charge in [0.2, 0.25) is 5.91 Å². The van der Waals surface area contributed by atoms with Crippen molar-refractivity contribution in [3.63, 3.8) is 0 Å². The number of Topliss-reactive ketones (excluding diaryl/α,β-unsaturated/α-hetero) is 1. The molecule has 2 aromatic rings. The molecule has 0 unspecified atom stereocenters. The van der Waals surface area contributed by atoms with Gasteiger partial charge in [0.25, 0.3) is 0 Å². The molecule has 2 rings (SSSR count). The highest BCUT2D eigenvalue weighted by atomic mass is 16.5. The smallest absolute Gasteiger partial charge is 0.248 e. The van der Waals surface area contributed by atoms with Gasteiger partial charge in [-0.05, 0) is 55.2 Å². The summed E-state index contributed by atoms with van der Waals surface area (Å²) in [4.78, 5) is 23.6. The second-order valence-corrected chi connectivity index (χ2v) is 6.90. The van der Waals surface area contributed by atoms with Gasteiger partial charge < -0.3 is 14.8 Å². The lowest BCUT2D eigenvalue weighted by molar-refractivity contribution is -0.111. The minimum Gasteiger partial charge on any atom is -0.493 e. The lowest BCUT2D eigenvalue weighted by atomic mass is 10.1. The average molecular weight is 381 g/mol. The Morgan fingerprint density at radius 1 is 1.11 bits per heavy atom. The van der Waals surface area contributed by atoms with Gasteiger partial charge >= 0.3 is 0 Å². The Balaban J connectivity index is 2.01. The van der Waals surface area contributed by atoms with Crippen LogP contribution in [-0.2, 0) is 4.79 Å². The average Bonchev–Trinajstić information content (AvgIpc) is 2.67. The van der Waals surface area contributed by atoms with Crippen LogP contribution < -0.4 is 14.8 Å². The summed E-state index contributed by atoms with van der Waals surface area (Å²) in [6, 6.07) is 12.4. The first kappa shape index (κ1) is 21.2. The van der Waals surface area contributed by atoms with E-state index in [-0.39, 0.29) is 11.7 Å². The van der Waals surface area contributed by atoms with Gasteiger partial charge in [-0.1, -0.05) is 32.0 Å². The van der Waals surface area contributed by atoms with Crippen molar-refractivity contribution in [3.8, 4) is 11.5 Å². The van der Waals surface area contributed by atoms with E-state index in [0.717, 1.165) is 12.0 Å². The van der Waals surface area contributed by atoms with E-state index in [9.17, 15) is 9.59 Å². The summed E-state index contributed by atoms with van der Waals surface area (Å²) >= 11 is 0. The van der Waals surface area contributed by atoms with Crippen LogP contribution in [0.25, 0.3) is 6.08 Å². The molecule has 28 heavy (non-hydrogen) atoms. The summed E-state index contributed by atoms with van der Waals surface area (Å²) in [5.74, 6) is 1.56. The number of nitrogens with one attached hydrogen (secondary N) is 1. The number of amides is 1. The number of methoxy groups -OCH3 is 1. The van der Waals surface area contributed by atoms with E-state index in [4.69, 9.17) is 9.47 Å². The maximum Gasteiger partial charge on any atom is 0.248 e. The van der Waals surface area contributed by atoms with Crippen molar-refractivity contribution in [2.75, 3.05) is 19.0 Å². The van der Waals surface area contributed by atoms with E-state index in [1.54, 1.807) is 37.5 Å². The summed E-state index contributed by atoms with van der Waals surface area (Å²) in [7, 11) is 1.59. The third kappa shape index (κ3) is 6.58. The van der Waals surface area contributed by atoms with Crippen LogP contribution in [0, 0.1) is 5.92 Å². The van der Waals surface area contributed by atoms with Gasteiger partial charge in [-0.3, -0.25) is 9.59 Å². The molecular weight excluding hydrogens is 354 g/mol. The molecule has 148 valence electrons. The third-order valence-corrected chi connectivity index (χ3v) is 4.10. The minimum absolute atomic E-state index is 0.0468. The Bertz CT molecular complexity index is 855. The van der Waals surface area contributed by atoms with Crippen molar-refractivity contribution in [2.45, 2.75) is 27.2 Å². The normalized spacial score (nSPS) is 10.9. The van der Waals surface area contributed by atoms with E-state index in [1.807, 2.05) is 18.2 Å². The Labute approximate surface area is 166 Å². The molecule has 0 aliphatic rings. The molecule has 0 saturated heterocycles. The summed E-state index contributed by atoms with van der Waals surface area (Å²) in [5, 5.41) is 2.75. The number of rotatable bonds is 9. The van der Waals surface area contributed by atoms with Gasteiger partial charge in [-0.25, -0.2) is 0 Å². The van der Waals surface area contributed by atoms with Gasteiger partial charge in [-0.15, -0.1) is 0 Å². The fourth-order valence-electron chi connectivity index (χ4n) is 2.48. The van der Waals surface area contributed by atoms with Crippen LogP contribution >= 0.6 is 0 Å². The van der Waals surface area contributed by atoms with Crippen molar-refractivity contribution >= 4 is 23.5 Å². The Kier molecular flexibility index (Phi) is 7.81. The molecule has 5 heteroatoms. The molecule has 1 amide bonds. The lowest BCUT2D eigenvalue weighted by Gasteiger charge is -2.12. The van der Waals surface area contributed by atoms with Crippen molar-refractivity contribution in [2.24, 2.45) is 5.92 Å². The number of ketones is 1. The number of carbonyl (C=O) groups is 2. The zero-order valence-corrected chi connectivity index (χ0v) is 16.8. The molecule has 0 atom stereocenters. The van der Waals surface area contributed by atoms with E-state index in [1.165, 1.54) is 13.0 Å². The standard InChI is InChI=1S/C23H27NO4/c1-16(2)12-13-28-21-10-8-18(14-22(21)27-4)9-11-23(26)24-20-7-5-6-19(15-20)17(3)25/h5-11,14-16H,12-13H2,1-4H3,(H,24,26). The van der Waals surface area contributed by atoms with Crippen LogP contribution in [0.15, 0.2) is 48.5 Å². The molecule has 0 aliphatic heterocycles. The predicted molar refractivity (Wildman–Crippen MR) is 112 cm³/mol. The minimum atomic E-state index is -0.281. The van der Waals surface area contributed by atoms with Gasteiger partial charge in [-0.2, -0.15) is 0 Å². The quantitative estimate of drug-likeness (QED) is 0.492. The lowest BCUT2D eigenvalue weighted by Crippen LogP contribution is -2.08. The molecule has 0 bridgehead atoms. The van der Waals surface area contributed by atoms with E-state index in [0.29, 0.717) is 35.3 Å². The highest BCUT2D eigenvalue weighted by molar-refractivity contribution is 6.03. The number of hydrogen-bond acceptors (Lipinski definition) is 4. The number of benzene rings is 2. The Morgan fingerprint density at radius 2 is 1.89 bits per heavy atom. The highest BCUT2D eigenvalue weighted by Crippen LogP contribution is 2.29. The molecule has 0 saturated carbocycles. The van der Waals surface area contributed by atoms with Gasteiger partial charge in [0.05, 0.1) is 13.7 Å². The van der Waals surface area contributed by atoms with Crippen LogP contribution in [0.1, 0.15) is 43.1 Å². The summed E-state index contributed by atoms with van der Waals surface area (Å²) in [6.07, 6.45) is 4.11. The monoisotopic (exact) mass is 381 g/mol. The summed E-state index contributed by atoms with van der Waals surface area (Å²) < 4.78 is 11.2. The van der Waals surface area contributed by atoms with Crippen molar-refractivity contribution in [1.82, 2.24) is 0 Å². The van der Waals surface area contributed by atoms with Crippen molar-refractivity contribution in [1.29, 1.82) is 0 Å². The van der Waals surface area contributed by atoms with Crippen LogP contribution in [0.3, 0.4) is 0 Å². The number of hydrogen-bond donors (Lipinski definition) is 1. The molecule has 0 aliphatic carbocycles. The topological polar surface area (TPSA) is 64.6 Å². The number of ether oxygens (including phenoxy) is 2. The second kappa shape index (κ2) is 10.3. The van der Waals surface area contributed by atoms with E-state index < -0.39 is 0 Å². The number of carbonyl (C=O) groups excluding carboxylic acids is 2. The zero-order chi connectivity index (χ0) is 20.5. The Morgan fingerprint density at radius 3 is 2.57 bits per heavy atom. The fraction of sp³-hybridized carbons (Fsp3) is 0.304.